The van der Waals surface area contributed by atoms with E-state index in [4.69, 9.17) is 4.84 Å². The number of phenols is 1. The maximum atomic E-state index is 11.7. The number of benzene rings is 2. The lowest BCUT2D eigenvalue weighted by molar-refractivity contribution is -0.143. The zero-order chi connectivity index (χ0) is 21.1. The highest BCUT2D eigenvalue weighted by atomic mass is 16.7. The van der Waals surface area contributed by atoms with Crippen LogP contribution in [-0.4, -0.2) is 16.8 Å². The van der Waals surface area contributed by atoms with Crippen LogP contribution in [0.2, 0.25) is 0 Å². The molecule has 0 aliphatic heterocycles. The van der Waals surface area contributed by atoms with E-state index < -0.39 is 0 Å². The molecule has 0 heterocycles. The lowest BCUT2D eigenvalue weighted by Gasteiger charge is -2.28. The topological polar surface area (TPSA) is 58.9 Å². The van der Waals surface area contributed by atoms with E-state index in [1.54, 1.807) is 6.92 Å². The van der Waals surface area contributed by atoms with Crippen molar-refractivity contribution in [3.05, 3.63) is 64.7 Å². The van der Waals surface area contributed by atoms with Gasteiger partial charge in [-0.15, -0.1) is 0 Å². The molecule has 0 atom stereocenters. The van der Waals surface area contributed by atoms with Crippen molar-refractivity contribution in [2.24, 2.45) is 5.16 Å². The lowest BCUT2D eigenvalue weighted by Crippen LogP contribution is -2.19. The zero-order valence-corrected chi connectivity index (χ0v) is 18.0. The minimum atomic E-state index is -0.390. The van der Waals surface area contributed by atoms with E-state index in [9.17, 15) is 9.90 Å². The molecule has 4 nitrogen and oxygen atoms in total. The van der Waals surface area contributed by atoms with Crippen LogP contribution < -0.4 is 0 Å². The molecular formula is C24H31NO3. The van der Waals surface area contributed by atoms with Crippen molar-refractivity contribution in [1.29, 1.82) is 0 Å². The second-order valence-electron chi connectivity index (χ2n) is 9.04. The molecule has 0 aromatic heterocycles. The summed E-state index contributed by atoms with van der Waals surface area (Å²) in [5.41, 5.74) is 3.36. The second kappa shape index (κ2) is 8.17. The SMILES string of the molecule is CCC(=O)ON=C(c1ccccc1)c1cc(C(C)(C)C)c(O)c(C(C)(C)C)c1. The number of carbonyl (C=O) groups excluding carboxylic acids is 1. The van der Waals surface area contributed by atoms with E-state index in [1.165, 1.54) is 0 Å². The Morgan fingerprint density at radius 3 is 1.86 bits per heavy atom. The first-order valence-electron chi connectivity index (χ1n) is 9.66. The molecule has 0 aliphatic rings. The van der Waals surface area contributed by atoms with Crippen LogP contribution in [-0.2, 0) is 20.5 Å². The summed E-state index contributed by atoms with van der Waals surface area (Å²) in [7, 11) is 0. The number of aromatic hydroxyl groups is 1. The van der Waals surface area contributed by atoms with Crippen LogP contribution in [0.4, 0.5) is 0 Å². The summed E-state index contributed by atoms with van der Waals surface area (Å²) in [4.78, 5) is 16.8. The van der Waals surface area contributed by atoms with Gasteiger partial charge >= 0.3 is 5.97 Å². The Morgan fingerprint density at radius 2 is 1.43 bits per heavy atom. The van der Waals surface area contributed by atoms with Crippen LogP contribution in [0.3, 0.4) is 0 Å². The van der Waals surface area contributed by atoms with E-state index in [-0.39, 0.29) is 23.2 Å². The van der Waals surface area contributed by atoms with Gasteiger partial charge in [-0.1, -0.05) is 84.0 Å². The van der Waals surface area contributed by atoms with Crippen molar-refractivity contribution in [2.75, 3.05) is 0 Å². The molecule has 0 spiro atoms. The van der Waals surface area contributed by atoms with Gasteiger partial charge in [0.05, 0.1) is 0 Å². The fraction of sp³-hybridized carbons (Fsp3) is 0.417. The number of rotatable bonds is 4. The smallest absolute Gasteiger partial charge is 0.334 e. The predicted molar refractivity (Wildman–Crippen MR) is 114 cm³/mol. The first-order chi connectivity index (χ1) is 12.9. The monoisotopic (exact) mass is 381 g/mol. The quantitative estimate of drug-likeness (QED) is 0.420. The molecule has 2 rings (SSSR count). The van der Waals surface area contributed by atoms with Crippen LogP contribution in [0.25, 0.3) is 0 Å². The third-order valence-corrected chi connectivity index (χ3v) is 4.57. The Balaban J connectivity index is 2.77. The number of nitrogens with zero attached hydrogens (tertiary/aromatic N) is 1. The molecule has 0 bridgehead atoms. The van der Waals surface area contributed by atoms with Crippen LogP contribution >= 0.6 is 0 Å². The highest BCUT2D eigenvalue weighted by Crippen LogP contribution is 2.40. The molecule has 0 amide bonds. The summed E-state index contributed by atoms with van der Waals surface area (Å²) in [6.07, 6.45) is 0.252. The number of oxime groups is 1. The highest BCUT2D eigenvalue weighted by Gasteiger charge is 2.27. The Bertz CT molecular complexity index is 834. The Kier molecular flexibility index (Phi) is 6.33. The second-order valence-corrected chi connectivity index (χ2v) is 9.04. The largest absolute Gasteiger partial charge is 0.507 e. The lowest BCUT2D eigenvalue weighted by atomic mass is 9.77. The molecule has 0 unspecified atom stereocenters. The number of hydrogen-bond acceptors (Lipinski definition) is 4. The average molecular weight is 382 g/mol. The molecular weight excluding hydrogens is 350 g/mol. The zero-order valence-electron chi connectivity index (χ0n) is 18.0. The third kappa shape index (κ3) is 5.00. The predicted octanol–water partition coefficient (Wildman–Crippen LogP) is 5.69. The van der Waals surface area contributed by atoms with Gasteiger partial charge in [0.15, 0.2) is 0 Å². The summed E-state index contributed by atoms with van der Waals surface area (Å²) < 4.78 is 0. The van der Waals surface area contributed by atoms with Crippen LogP contribution in [0, 0.1) is 0 Å². The van der Waals surface area contributed by atoms with Gasteiger partial charge in [-0.25, -0.2) is 4.79 Å². The summed E-state index contributed by atoms with van der Waals surface area (Å²) in [5.74, 6) is -0.0824. The molecule has 28 heavy (non-hydrogen) atoms. The van der Waals surface area contributed by atoms with Gasteiger partial charge in [-0.2, -0.15) is 0 Å². The summed E-state index contributed by atoms with van der Waals surface area (Å²) in [6.45, 7) is 14.1. The van der Waals surface area contributed by atoms with E-state index in [0.29, 0.717) is 11.5 Å². The highest BCUT2D eigenvalue weighted by molar-refractivity contribution is 6.13. The molecule has 0 aliphatic carbocycles. The number of phenolic OH excluding ortho intramolecular Hbond substituents is 1. The van der Waals surface area contributed by atoms with Gasteiger partial charge in [0.25, 0.3) is 0 Å². The summed E-state index contributed by atoms with van der Waals surface area (Å²) in [5, 5.41) is 15.2. The van der Waals surface area contributed by atoms with Crippen molar-refractivity contribution in [2.45, 2.75) is 65.7 Å². The molecule has 150 valence electrons. The fourth-order valence-corrected chi connectivity index (χ4v) is 2.94. The summed E-state index contributed by atoms with van der Waals surface area (Å²) >= 11 is 0. The van der Waals surface area contributed by atoms with Crippen molar-refractivity contribution >= 4 is 11.7 Å². The normalized spacial score (nSPS) is 12.8. The molecule has 2 aromatic rings. The molecule has 1 N–H and O–H groups in total. The van der Waals surface area contributed by atoms with Crippen LogP contribution in [0.1, 0.15) is 77.1 Å². The average Bonchev–Trinajstić information content (AvgIpc) is 2.61. The number of carbonyl (C=O) groups is 1. The van der Waals surface area contributed by atoms with Crippen LogP contribution in [0.5, 0.6) is 5.75 Å². The van der Waals surface area contributed by atoms with Crippen molar-refractivity contribution in [3.8, 4) is 5.75 Å². The van der Waals surface area contributed by atoms with Gasteiger partial charge in [-0.05, 0) is 23.0 Å². The van der Waals surface area contributed by atoms with E-state index in [2.05, 4.69) is 46.7 Å². The maximum absolute atomic E-state index is 11.7. The minimum Gasteiger partial charge on any atom is -0.507 e. The first-order valence-corrected chi connectivity index (χ1v) is 9.66. The van der Waals surface area contributed by atoms with E-state index in [1.807, 2.05) is 42.5 Å². The van der Waals surface area contributed by atoms with Crippen LogP contribution in [0.15, 0.2) is 47.6 Å². The molecule has 0 fully saturated rings. The van der Waals surface area contributed by atoms with Gasteiger partial charge in [0.2, 0.25) is 0 Å². The van der Waals surface area contributed by atoms with E-state index in [0.717, 1.165) is 22.3 Å². The molecule has 0 radical (unpaired) electrons. The molecule has 0 saturated carbocycles. The van der Waals surface area contributed by atoms with Gasteiger partial charge in [0.1, 0.15) is 11.5 Å². The van der Waals surface area contributed by atoms with Crippen molar-refractivity contribution < 1.29 is 14.7 Å². The van der Waals surface area contributed by atoms with E-state index >= 15 is 0 Å². The fourth-order valence-electron chi connectivity index (χ4n) is 2.94. The molecule has 4 heteroatoms. The first kappa shape index (κ1) is 21.7. The minimum absolute atomic E-state index is 0.252. The van der Waals surface area contributed by atoms with Gasteiger partial charge in [0, 0.05) is 28.7 Å². The summed E-state index contributed by atoms with van der Waals surface area (Å²) in [6, 6.07) is 13.5. The molecule has 2 aromatic carbocycles. The number of hydrogen-bond donors (Lipinski definition) is 1. The van der Waals surface area contributed by atoms with Gasteiger partial charge in [-0.3, -0.25) is 0 Å². The Hall–Kier alpha value is -2.62. The Morgan fingerprint density at radius 1 is 0.929 bits per heavy atom. The third-order valence-electron chi connectivity index (χ3n) is 4.57. The standard InChI is InChI=1S/C24H31NO3/c1-8-20(26)28-25-21(16-12-10-9-11-13-16)17-14-18(23(2,3)4)22(27)19(15-17)24(5,6)7/h9-15,27H,8H2,1-7H3. The van der Waals surface area contributed by atoms with Crippen molar-refractivity contribution in [1.82, 2.24) is 0 Å². The maximum Gasteiger partial charge on any atom is 0.334 e. The van der Waals surface area contributed by atoms with Crippen molar-refractivity contribution in [3.63, 3.8) is 0 Å². The molecule has 0 saturated heterocycles. The Labute approximate surface area is 168 Å². The van der Waals surface area contributed by atoms with Gasteiger partial charge < -0.3 is 9.94 Å².